The molecule has 4 rings (SSSR count). The summed E-state index contributed by atoms with van der Waals surface area (Å²) in [4.78, 5) is 8.48. The molecule has 6 heteroatoms. The third-order valence-corrected chi connectivity index (χ3v) is 4.04. The molecule has 0 saturated heterocycles. The van der Waals surface area contributed by atoms with Crippen LogP contribution in [0.2, 0.25) is 0 Å². The van der Waals surface area contributed by atoms with E-state index in [0.717, 1.165) is 22.2 Å². The molecule has 120 valence electrons. The van der Waals surface area contributed by atoms with E-state index in [4.69, 9.17) is 11.0 Å². The van der Waals surface area contributed by atoms with E-state index in [1.54, 1.807) is 24.3 Å². The molecule has 6 nitrogen and oxygen atoms in total. The number of phenols is 1. The standard InChI is InChI=1S/C19H13N5O/c20-9-12-2-1-3-14(8-12)24-10-16(13-4-6-15(25)7-5-13)17-18(21)22-11-23-19(17)24/h1-8,10-11,25H,(H2,21,22,23). The summed E-state index contributed by atoms with van der Waals surface area (Å²) < 4.78 is 1.89. The maximum atomic E-state index is 9.53. The summed E-state index contributed by atoms with van der Waals surface area (Å²) in [5.74, 6) is 0.571. The third-order valence-electron chi connectivity index (χ3n) is 4.04. The summed E-state index contributed by atoms with van der Waals surface area (Å²) >= 11 is 0. The maximum absolute atomic E-state index is 9.53. The van der Waals surface area contributed by atoms with Crippen LogP contribution in [0.4, 0.5) is 5.82 Å². The van der Waals surface area contributed by atoms with Gasteiger partial charge in [-0.25, -0.2) is 9.97 Å². The van der Waals surface area contributed by atoms with Crippen molar-refractivity contribution < 1.29 is 5.11 Å². The summed E-state index contributed by atoms with van der Waals surface area (Å²) in [7, 11) is 0. The lowest BCUT2D eigenvalue weighted by molar-refractivity contribution is 0.475. The van der Waals surface area contributed by atoms with Gasteiger partial charge in [-0.3, -0.25) is 0 Å². The van der Waals surface area contributed by atoms with Crippen molar-refractivity contribution in [2.75, 3.05) is 5.73 Å². The summed E-state index contributed by atoms with van der Waals surface area (Å²) in [6.07, 6.45) is 3.33. The molecule has 0 amide bonds. The van der Waals surface area contributed by atoms with Crippen LogP contribution in [0.3, 0.4) is 0 Å². The predicted octanol–water partition coefficient (Wildman–Crippen LogP) is 3.25. The number of nitrogens with zero attached hydrogens (tertiary/aromatic N) is 4. The molecule has 3 N–H and O–H groups in total. The zero-order chi connectivity index (χ0) is 17.4. The second-order valence-electron chi connectivity index (χ2n) is 5.58. The van der Waals surface area contributed by atoms with Crippen LogP contribution in [-0.2, 0) is 0 Å². The molecule has 0 unspecified atom stereocenters. The molecule has 4 aromatic rings. The van der Waals surface area contributed by atoms with E-state index in [-0.39, 0.29) is 5.75 Å². The Morgan fingerprint density at radius 2 is 1.88 bits per heavy atom. The van der Waals surface area contributed by atoms with Crippen molar-refractivity contribution in [1.82, 2.24) is 14.5 Å². The van der Waals surface area contributed by atoms with Crippen molar-refractivity contribution in [3.63, 3.8) is 0 Å². The lowest BCUT2D eigenvalue weighted by Crippen LogP contribution is -1.97. The molecule has 0 aliphatic rings. The molecular weight excluding hydrogens is 314 g/mol. The lowest BCUT2D eigenvalue weighted by Gasteiger charge is -2.04. The van der Waals surface area contributed by atoms with Gasteiger partial charge in [0.1, 0.15) is 17.9 Å². The van der Waals surface area contributed by atoms with Crippen LogP contribution in [-0.4, -0.2) is 19.6 Å². The van der Waals surface area contributed by atoms with E-state index < -0.39 is 0 Å². The molecule has 2 aromatic heterocycles. The Kier molecular flexibility index (Phi) is 3.33. The van der Waals surface area contributed by atoms with Gasteiger partial charge < -0.3 is 15.4 Å². The van der Waals surface area contributed by atoms with Crippen LogP contribution in [0.25, 0.3) is 27.8 Å². The molecule has 0 saturated carbocycles. The van der Waals surface area contributed by atoms with Gasteiger partial charge in [0.05, 0.1) is 17.0 Å². The fourth-order valence-corrected chi connectivity index (χ4v) is 2.87. The van der Waals surface area contributed by atoms with E-state index in [9.17, 15) is 5.11 Å². The van der Waals surface area contributed by atoms with Crippen molar-refractivity contribution in [3.8, 4) is 28.6 Å². The number of rotatable bonds is 2. The first kappa shape index (κ1) is 14.7. The average Bonchev–Trinajstić information content (AvgIpc) is 3.03. The second kappa shape index (κ2) is 5.65. The Balaban J connectivity index is 2.02. The number of benzene rings is 2. The van der Waals surface area contributed by atoms with Crippen molar-refractivity contribution in [2.24, 2.45) is 0 Å². The fourth-order valence-electron chi connectivity index (χ4n) is 2.87. The number of aromatic hydroxyl groups is 1. The van der Waals surface area contributed by atoms with Gasteiger partial charge in [-0.05, 0) is 35.9 Å². The van der Waals surface area contributed by atoms with Gasteiger partial charge in [-0.15, -0.1) is 0 Å². The summed E-state index contributed by atoms with van der Waals surface area (Å²) in [5, 5.41) is 19.4. The van der Waals surface area contributed by atoms with Crippen molar-refractivity contribution in [3.05, 3.63) is 66.6 Å². The minimum Gasteiger partial charge on any atom is -0.508 e. The largest absolute Gasteiger partial charge is 0.508 e. The highest BCUT2D eigenvalue weighted by Gasteiger charge is 2.16. The Hall–Kier alpha value is -3.85. The smallest absolute Gasteiger partial charge is 0.150 e. The van der Waals surface area contributed by atoms with E-state index in [0.29, 0.717) is 17.0 Å². The Morgan fingerprint density at radius 1 is 1.08 bits per heavy atom. The maximum Gasteiger partial charge on any atom is 0.150 e. The van der Waals surface area contributed by atoms with Gasteiger partial charge in [0.2, 0.25) is 0 Å². The summed E-state index contributed by atoms with van der Waals surface area (Å²) in [6, 6.07) is 16.3. The van der Waals surface area contributed by atoms with E-state index in [1.165, 1.54) is 6.33 Å². The molecule has 0 fully saturated rings. The molecule has 0 atom stereocenters. The fraction of sp³-hybridized carbons (Fsp3) is 0. The number of phenolic OH excluding ortho intramolecular Hbond substituents is 1. The van der Waals surface area contributed by atoms with Gasteiger partial charge in [-0.1, -0.05) is 18.2 Å². The van der Waals surface area contributed by atoms with Crippen LogP contribution < -0.4 is 5.73 Å². The molecule has 0 radical (unpaired) electrons. The first-order chi connectivity index (χ1) is 12.2. The van der Waals surface area contributed by atoms with Crippen LogP contribution in [0, 0.1) is 11.3 Å². The third kappa shape index (κ3) is 2.44. The highest BCUT2D eigenvalue weighted by molar-refractivity contribution is 6.01. The lowest BCUT2D eigenvalue weighted by atomic mass is 10.1. The van der Waals surface area contributed by atoms with Gasteiger partial charge in [0.25, 0.3) is 0 Å². The number of anilines is 1. The van der Waals surface area contributed by atoms with Crippen LogP contribution >= 0.6 is 0 Å². The first-order valence-electron chi connectivity index (χ1n) is 7.59. The SMILES string of the molecule is N#Cc1cccc(-n2cc(-c3ccc(O)cc3)c3c(N)ncnc32)c1. The quantitative estimate of drug-likeness (QED) is 0.588. The minimum absolute atomic E-state index is 0.193. The summed E-state index contributed by atoms with van der Waals surface area (Å²) in [6.45, 7) is 0. The Labute approximate surface area is 143 Å². The number of hydrogen-bond donors (Lipinski definition) is 2. The van der Waals surface area contributed by atoms with E-state index >= 15 is 0 Å². The zero-order valence-corrected chi connectivity index (χ0v) is 13.1. The molecule has 0 aliphatic heterocycles. The number of fused-ring (bicyclic) bond motifs is 1. The van der Waals surface area contributed by atoms with Crippen molar-refractivity contribution in [2.45, 2.75) is 0 Å². The molecule has 0 bridgehead atoms. The number of nitrogens with two attached hydrogens (primary N) is 1. The number of hydrogen-bond acceptors (Lipinski definition) is 5. The molecule has 0 spiro atoms. The number of aromatic nitrogens is 3. The van der Waals surface area contributed by atoms with Crippen LogP contribution in [0.1, 0.15) is 5.56 Å². The zero-order valence-electron chi connectivity index (χ0n) is 13.1. The molecule has 2 heterocycles. The van der Waals surface area contributed by atoms with E-state index in [2.05, 4.69) is 16.0 Å². The van der Waals surface area contributed by atoms with Crippen LogP contribution in [0.5, 0.6) is 5.75 Å². The monoisotopic (exact) mass is 327 g/mol. The highest BCUT2D eigenvalue weighted by atomic mass is 16.3. The highest BCUT2D eigenvalue weighted by Crippen LogP contribution is 2.34. The summed E-state index contributed by atoms with van der Waals surface area (Å²) in [5.41, 5.74) is 9.88. The molecule has 25 heavy (non-hydrogen) atoms. The van der Waals surface area contributed by atoms with Crippen LogP contribution in [0.15, 0.2) is 61.1 Å². The second-order valence-corrected chi connectivity index (χ2v) is 5.58. The number of nitriles is 1. The Morgan fingerprint density at radius 3 is 2.64 bits per heavy atom. The van der Waals surface area contributed by atoms with Gasteiger partial charge in [-0.2, -0.15) is 5.26 Å². The Bertz CT molecular complexity index is 1120. The molecule has 2 aromatic carbocycles. The van der Waals surface area contributed by atoms with Gasteiger partial charge >= 0.3 is 0 Å². The van der Waals surface area contributed by atoms with Gasteiger partial charge in [0, 0.05) is 17.4 Å². The number of nitrogen functional groups attached to an aromatic ring is 1. The van der Waals surface area contributed by atoms with Crippen molar-refractivity contribution >= 4 is 16.9 Å². The average molecular weight is 327 g/mol. The first-order valence-corrected chi connectivity index (χ1v) is 7.59. The normalized spacial score (nSPS) is 10.7. The van der Waals surface area contributed by atoms with Gasteiger partial charge in [0.15, 0.2) is 5.65 Å². The van der Waals surface area contributed by atoms with Crippen molar-refractivity contribution in [1.29, 1.82) is 5.26 Å². The topological polar surface area (TPSA) is 101 Å². The predicted molar refractivity (Wildman–Crippen MR) is 95.1 cm³/mol. The molecule has 0 aliphatic carbocycles. The van der Waals surface area contributed by atoms with E-state index in [1.807, 2.05) is 35.0 Å². The minimum atomic E-state index is 0.193. The molecular formula is C19H13N5O.